The first kappa shape index (κ1) is 16.3. The molecule has 3 N–H and O–H groups in total. The smallest absolute Gasteiger partial charge is 0.319 e. The molecule has 22 heavy (non-hydrogen) atoms. The van der Waals surface area contributed by atoms with Crippen LogP contribution < -0.4 is 10.0 Å². The summed E-state index contributed by atoms with van der Waals surface area (Å²) in [6, 6.07) is 4.68. The van der Waals surface area contributed by atoms with Crippen molar-refractivity contribution in [2.75, 3.05) is 15.8 Å². The first-order chi connectivity index (χ1) is 10.2. The Labute approximate surface area is 128 Å². The lowest BCUT2D eigenvalue weighted by Gasteiger charge is -2.13. The van der Waals surface area contributed by atoms with Gasteiger partial charge in [0, 0.05) is 5.69 Å². The number of aliphatic carboxylic acids is 1. The molecule has 1 fully saturated rings. The zero-order valence-electron chi connectivity index (χ0n) is 12.3. The molecular weight excluding hydrogens is 308 g/mol. The molecule has 1 saturated carbocycles. The van der Waals surface area contributed by atoms with Crippen LogP contribution in [0.15, 0.2) is 18.2 Å². The van der Waals surface area contributed by atoms with Crippen LogP contribution >= 0.6 is 0 Å². The van der Waals surface area contributed by atoms with E-state index in [4.69, 9.17) is 5.11 Å². The highest BCUT2D eigenvalue weighted by Crippen LogP contribution is 2.46. The second-order valence-corrected chi connectivity index (χ2v) is 7.39. The first-order valence-corrected chi connectivity index (χ1v) is 8.51. The third kappa shape index (κ3) is 3.22. The first-order valence-electron chi connectivity index (χ1n) is 6.86. The van der Waals surface area contributed by atoms with E-state index in [1.807, 2.05) is 0 Å². The summed E-state index contributed by atoms with van der Waals surface area (Å²) in [6.07, 6.45) is 0.670. The Morgan fingerprint density at radius 2 is 1.95 bits per heavy atom. The van der Waals surface area contributed by atoms with Gasteiger partial charge in [0.2, 0.25) is 15.9 Å². The third-order valence-electron chi connectivity index (χ3n) is 3.72. The van der Waals surface area contributed by atoms with Gasteiger partial charge in [-0.05, 0) is 50.5 Å². The molecule has 1 aromatic carbocycles. The van der Waals surface area contributed by atoms with E-state index >= 15 is 0 Å². The second kappa shape index (κ2) is 5.60. The van der Waals surface area contributed by atoms with Gasteiger partial charge in [-0.2, -0.15) is 0 Å². The minimum atomic E-state index is -3.37. The average Bonchev–Trinajstić information content (AvgIpc) is 3.23. The van der Waals surface area contributed by atoms with Crippen molar-refractivity contribution < 1.29 is 23.1 Å². The maximum Gasteiger partial charge on any atom is 0.319 e. The van der Waals surface area contributed by atoms with Crippen molar-refractivity contribution in [3.63, 3.8) is 0 Å². The summed E-state index contributed by atoms with van der Waals surface area (Å²) >= 11 is 0. The van der Waals surface area contributed by atoms with E-state index in [0.717, 1.165) is 0 Å². The highest BCUT2D eigenvalue weighted by Gasteiger charge is 2.57. The van der Waals surface area contributed by atoms with Gasteiger partial charge >= 0.3 is 5.97 Å². The number of hydrogen-bond donors (Lipinski definition) is 3. The van der Waals surface area contributed by atoms with Crippen LogP contribution in [0.2, 0.25) is 0 Å². The normalized spacial score (nSPS) is 15.9. The molecule has 1 aliphatic rings. The van der Waals surface area contributed by atoms with Crippen molar-refractivity contribution in [2.24, 2.45) is 5.41 Å². The van der Waals surface area contributed by atoms with E-state index in [9.17, 15) is 18.0 Å². The van der Waals surface area contributed by atoms with Crippen molar-refractivity contribution in [1.29, 1.82) is 0 Å². The number of rotatable bonds is 6. The Hall–Kier alpha value is -2.09. The number of benzene rings is 1. The summed E-state index contributed by atoms with van der Waals surface area (Å²) in [6.45, 7) is 3.24. The highest BCUT2D eigenvalue weighted by molar-refractivity contribution is 7.92. The van der Waals surface area contributed by atoms with Gasteiger partial charge in [0.1, 0.15) is 5.41 Å². The van der Waals surface area contributed by atoms with Crippen LogP contribution in [0, 0.1) is 12.3 Å². The van der Waals surface area contributed by atoms with E-state index in [2.05, 4.69) is 10.0 Å². The molecule has 0 saturated heterocycles. The Kier molecular flexibility index (Phi) is 4.15. The fourth-order valence-corrected chi connectivity index (χ4v) is 2.72. The second-order valence-electron chi connectivity index (χ2n) is 5.38. The number of aryl methyl sites for hydroxylation is 1. The molecule has 1 amide bonds. The largest absolute Gasteiger partial charge is 0.480 e. The molecule has 0 bridgehead atoms. The van der Waals surface area contributed by atoms with E-state index in [1.54, 1.807) is 19.1 Å². The summed E-state index contributed by atoms with van der Waals surface area (Å²) in [5.41, 5.74) is 0.194. The van der Waals surface area contributed by atoms with Crippen molar-refractivity contribution in [3.8, 4) is 0 Å². The van der Waals surface area contributed by atoms with Gasteiger partial charge in [-0.15, -0.1) is 0 Å². The molecule has 0 unspecified atom stereocenters. The zero-order valence-corrected chi connectivity index (χ0v) is 13.2. The van der Waals surface area contributed by atoms with Crippen LogP contribution in [-0.2, 0) is 19.6 Å². The summed E-state index contributed by atoms with van der Waals surface area (Å²) < 4.78 is 25.5. The van der Waals surface area contributed by atoms with Gasteiger partial charge in [0.15, 0.2) is 0 Å². The monoisotopic (exact) mass is 326 g/mol. The van der Waals surface area contributed by atoms with Crippen molar-refractivity contribution in [2.45, 2.75) is 26.7 Å². The number of nitrogens with one attached hydrogen (secondary N) is 2. The van der Waals surface area contributed by atoms with Gasteiger partial charge < -0.3 is 10.4 Å². The number of amides is 1. The number of carbonyl (C=O) groups excluding carboxylic acids is 1. The van der Waals surface area contributed by atoms with Crippen molar-refractivity contribution in [1.82, 2.24) is 0 Å². The molecular formula is C14H18N2O5S. The fourth-order valence-electron chi connectivity index (χ4n) is 2.01. The summed E-state index contributed by atoms with van der Waals surface area (Å²) in [5, 5.41) is 11.6. The van der Waals surface area contributed by atoms with Crippen molar-refractivity contribution in [3.05, 3.63) is 23.8 Å². The van der Waals surface area contributed by atoms with Crippen molar-refractivity contribution >= 4 is 33.3 Å². The summed E-state index contributed by atoms with van der Waals surface area (Å²) in [4.78, 5) is 23.1. The molecule has 0 radical (unpaired) electrons. The molecule has 0 aromatic heterocycles. The van der Waals surface area contributed by atoms with Crippen LogP contribution in [0.5, 0.6) is 0 Å². The fraction of sp³-hybridized carbons (Fsp3) is 0.429. The van der Waals surface area contributed by atoms with Crippen LogP contribution in [-0.4, -0.2) is 31.2 Å². The Morgan fingerprint density at radius 1 is 1.32 bits per heavy atom. The van der Waals surface area contributed by atoms with Gasteiger partial charge in [0.25, 0.3) is 0 Å². The van der Waals surface area contributed by atoms with Gasteiger partial charge in [-0.3, -0.25) is 14.3 Å². The number of anilines is 2. The predicted octanol–water partition coefficient (Wildman–Crippen LogP) is 1.56. The maximum atomic E-state index is 12.0. The molecule has 0 aliphatic heterocycles. The molecule has 2 rings (SSSR count). The van der Waals surface area contributed by atoms with E-state index in [0.29, 0.717) is 29.8 Å². The number of hydrogen-bond acceptors (Lipinski definition) is 4. The lowest BCUT2D eigenvalue weighted by molar-refractivity contribution is -0.147. The predicted molar refractivity (Wildman–Crippen MR) is 82.2 cm³/mol. The minimum Gasteiger partial charge on any atom is -0.480 e. The molecule has 120 valence electrons. The van der Waals surface area contributed by atoms with Gasteiger partial charge in [-0.25, -0.2) is 8.42 Å². The quantitative estimate of drug-likeness (QED) is 0.687. The highest BCUT2D eigenvalue weighted by atomic mass is 32.2. The molecule has 0 atom stereocenters. The average molecular weight is 326 g/mol. The van der Waals surface area contributed by atoms with Gasteiger partial charge in [0.05, 0.1) is 11.4 Å². The molecule has 7 nitrogen and oxygen atoms in total. The number of carboxylic acid groups (broad SMARTS) is 1. The number of carbonyl (C=O) groups is 2. The summed E-state index contributed by atoms with van der Waals surface area (Å²) in [7, 11) is -3.37. The Bertz CT molecular complexity index is 723. The van der Waals surface area contributed by atoms with Crippen LogP contribution in [0.25, 0.3) is 0 Å². The van der Waals surface area contributed by atoms with Gasteiger partial charge in [-0.1, -0.05) is 0 Å². The van der Waals surface area contributed by atoms with Crippen LogP contribution in [0.3, 0.4) is 0 Å². The molecule has 8 heteroatoms. The number of sulfonamides is 1. The van der Waals surface area contributed by atoms with E-state index in [1.165, 1.54) is 13.0 Å². The maximum absolute atomic E-state index is 12.0. The summed E-state index contributed by atoms with van der Waals surface area (Å²) in [5.74, 6) is -1.69. The topological polar surface area (TPSA) is 113 Å². The molecule has 0 spiro atoms. The molecule has 0 heterocycles. The lowest BCUT2D eigenvalue weighted by atomic mass is 10.1. The zero-order chi connectivity index (χ0) is 16.5. The Morgan fingerprint density at radius 3 is 2.41 bits per heavy atom. The van der Waals surface area contributed by atoms with Crippen LogP contribution in [0.4, 0.5) is 11.4 Å². The SMILES string of the molecule is CCS(=O)(=O)Nc1ccc(NC(=O)C2(C(=O)O)CC2)cc1C. The van der Waals surface area contributed by atoms with Crippen LogP contribution in [0.1, 0.15) is 25.3 Å². The third-order valence-corrected chi connectivity index (χ3v) is 5.01. The molecule has 1 aliphatic carbocycles. The van der Waals surface area contributed by atoms with E-state index < -0.39 is 27.3 Å². The Balaban J connectivity index is 2.13. The standard InChI is InChI=1S/C14H18N2O5S/c1-3-22(20,21)16-11-5-4-10(8-9(11)2)15-12(17)14(6-7-14)13(18)19/h4-5,8,16H,3,6-7H2,1-2H3,(H,15,17)(H,18,19). The lowest BCUT2D eigenvalue weighted by Crippen LogP contribution is -2.31. The number of carboxylic acids is 1. The molecule has 1 aromatic rings. The van der Waals surface area contributed by atoms with E-state index in [-0.39, 0.29) is 5.75 Å². The minimum absolute atomic E-state index is 0.0357.